The highest BCUT2D eigenvalue weighted by atomic mass is 35.5. The monoisotopic (exact) mass is 357 g/mol. The number of hydrogen-bond donors (Lipinski definition) is 0. The summed E-state index contributed by atoms with van der Waals surface area (Å²) < 4.78 is 5.33. The average Bonchev–Trinajstić information content (AvgIpc) is 2.48. The molecular weight excluding hydrogens is 341 g/mol. The molecule has 0 amide bonds. The lowest BCUT2D eigenvalue weighted by atomic mass is 9.85. The van der Waals surface area contributed by atoms with Crippen LogP contribution in [0.4, 0.5) is 0 Å². The van der Waals surface area contributed by atoms with Gasteiger partial charge in [0.2, 0.25) is 0 Å². The molecule has 0 radical (unpaired) electrons. The van der Waals surface area contributed by atoms with Crippen molar-refractivity contribution in [3.05, 3.63) is 63.1 Å². The van der Waals surface area contributed by atoms with Crippen LogP contribution >= 0.6 is 23.2 Å². The number of nitrogens with zero attached hydrogens (tertiary/aromatic N) is 1. The van der Waals surface area contributed by atoms with Gasteiger partial charge < -0.3 is 22.0 Å². The van der Waals surface area contributed by atoms with E-state index < -0.39 is 0 Å². The van der Waals surface area contributed by atoms with Crippen LogP contribution in [0.2, 0.25) is 10.0 Å². The van der Waals surface area contributed by atoms with E-state index in [1.165, 1.54) is 16.7 Å². The second-order valence-electron chi connectivity index (χ2n) is 5.49. The molecule has 1 aliphatic rings. The first kappa shape index (κ1) is 17.4. The van der Waals surface area contributed by atoms with Crippen LogP contribution in [-0.4, -0.2) is 25.6 Å². The Balaban J connectivity index is 0.00000132. The molecule has 0 aliphatic carbocycles. The van der Waals surface area contributed by atoms with Crippen molar-refractivity contribution in [1.82, 2.24) is 4.90 Å². The van der Waals surface area contributed by atoms with Gasteiger partial charge in [-0.05, 0) is 48.0 Å². The Morgan fingerprint density at radius 2 is 1.91 bits per heavy atom. The van der Waals surface area contributed by atoms with Crippen molar-refractivity contribution in [2.24, 2.45) is 0 Å². The van der Waals surface area contributed by atoms with Gasteiger partial charge in [-0.25, -0.2) is 0 Å². The van der Waals surface area contributed by atoms with Gasteiger partial charge in [0.15, 0.2) is 0 Å². The van der Waals surface area contributed by atoms with Crippen molar-refractivity contribution in [2.75, 3.05) is 20.7 Å². The molecule has 3 rings (SSSR count). The molecule has 0 bridgehead atoms. The van der Waals surface area contributed by atoms with Gasteiger partial charge in [-0.2, -0.15) is 0 Å². The standard InChI is InChI=1S/C17H17Cl2NO.ClH/c1-20-9-12-7-13(21-2)4-5-14(12)15(10-20)11-3-6-16(18)17(19)8-11;/h3-8,15H,9-10H2,1-2H3;1H. The van der Waals surface area contributed by atoms with E-state index in [0.29, 0.717) is 16.0 Å². The van der Waals surface area contributed by atoms with Crippen molar-refractivity contribution >= 4 is 23.2 Å². The molecule has 0 spiro atoms. The Hall–Kier alpha value is -0.930. The van der Waals surface area contributed by atoms with E-state index in [0.717, 1.165) is 18.8 Å². The molecule has 0 aromatic heterocycles. The fourth-order valence-corrected chi connectivity index (χ4v) is 3.27. The summed E-state index contributed by atoms with van der Waals surface area (Å²) in [4.78, 5) is 2.31. The molecule has 0 saturated heterocycles. The number of ether oxygens (including phenoxy) is 1. The first-order chi connectivity index (χ1) is 10.1. The molecular formula is C17H18Cl3NO. The van der Waals surface area contributed by atoms with Gasteiger partial charge >= 0.3 is 1.43 Å². The molecule has 0 fully saturated rings. The van der Waals surface area contributed by atoms with Gasteiger partial charge in [-0.3, -0.25) is 0 Å². The predicted molar refractivity (Wildman–Crippen MR) is 88.7 cm³/mol. The minimum Gasteiger partial charge on any atom is -1.00 e. The maximum Gasteiger partial charge on any atom is 1.00 e. The highest BCUT2D eigenvalue weighted by Gasteiger charge is 2.25. The zero-order valence-electron chi connectivity index (χ0n) is 13.4. The quantitative estimate of drug-likeness (QED) is 0.810. The molecule has 1 unspecified atom stereocenters. The van der Waals surface area contributed by atoms with E-state index in [-0.39, 0.29) is 13.8 Å². The van der Waals surface area contributed by atoms with Crippen molar-refractivity contribution in [1.29, 1.82) is 0 Å². The first-order valence-corrected chi connectivity index (χ1v) is 7.64. The molecule has 1 aliphatic heterocycles. The van der Waals surface area contributed by atoms with Crippen LogP contribution in [0.25, 0.3) is 0 Å². The fourth-order valence-electron chi connectivity index (χ4n) is 2.97. The van der Waals surface area contributed by atoms with Gasteiger partial charge in [0, 0.05) is 19.0 Å². The highest BCUT2D eigenvalue weighted by molar-refractivity contribution is 6.42. The lowest BCUT2D eigenvalue weighted by Gasteiger charge is -2.33. The molecule has 1 heterocycles. The molecule has 22 heavy (non-hydrogen) atoms. The summed E-state index contributed by atoms with van der Waals surface area (Å²) in [6, 6.07) is 12.2. The van der Waals surface area contributed by atoms with E-state index >= 15 is 0 Å². The molecule has 2 aromatic rings. The van der Waals surface area contributed by atoms with Crippen LogP contribution in [0, 0.1) is 0 Å². The SMILES string of the molecule is COc1ccc2c(c1)CN(C)CC2c1ccc(Cl)c(Cl)c1.[Cl-].[H+]. The van der Waals surface area contributed by atoms with Crippen LogP contribution in [0.1, 0.15) is 24.0 Å². The Labute approximate surface area is 148 Å². The van der Waals surface area contributed by atoms with E-state index in [9.17, 15) is 0 Å². The zero-order chi connectivity index (χ0) is 15.0. The molecule has 1 atom stereocenters. The third-order valence-corrected chi connectivity index (χ3v) is 4.75. The summed E-state index contributed by atoms with van der Waals surface area (Å²) in [5.74, 6) is 1.20. The summed E-state index contributed by atoms with van der Waals surface area (Å²) in [5, 5.41) is 1.21. The van der Waals surface area contributed by atoms with Crippen LogP contribution in [0.15, 0.2) is 36.4 Å². The summed E-state index contributed by atoms with van der Waals surface area (Å²) in [7, 11) is 3.83. The lowest BCUT2D eigenvalue weighted by molar-refractivity contribution is -0.00000442. The summed E-state index contributed by atoms with van der Waals surface area (Å²) in [6.45, 7) is 1.90. The number of fused-ring (bicyclic) bond motifs is 1. The predicted octanol–water partition coefficient (Wildman–Crippen LogP) is 1.70. The van der Waals surface area contributed by atoms with Gasteiger partial charge in [0.25, 0.3) is 0 Å². The third-order valence-electron chi connectivity index (χ3n) is 4.01. The molecule has 2 nitrogen and oxygen atoms in total. The van der Waals surface area contributed by atoms with Gasteiger partial charge in [-0.15, -0.1) is 0 Å². The molecule has 2 aromatic carbocycles. The first-order valence-electron chi connectivity index (χ1n) is 6.89. The van der Waals surface area contributed by atoms with E-state index in [1.807, 2.05) is 18.2 Å². The average molecular weight is 359 g/mol. The smallest absolute Gasteiger partial charge is 1.00 e. The summed E-state index contributed by atoms with van der Waals surface area (Å²) in [6.07, 6.45) is 0. The van der Waals surface area contributed by atoms with Gasteiger partial charge in [-0.1, -0.05) is 35.3 Å². The minimum atomic E-state index is 0. The zero-order valence-corrected chi connectivity index (χ0v) is 14.7. The van der Waals surface area contributed by atoms with Crippen molar-refractivity contribution in [3.63, 3.8) is 0 Å². The van der Waals surface area contributed by atoms with Crippen LogP contribution in [-0.2, 0) is 6.54 Å². The van der Waals surface area contributed by atoms with Crippen LogP contribution in [0.3, 0.4) is 0 Å². The highest BCUT2D eigenvalue weighted by Crippen LogP contribution is 2.36. The minimum absolute atomic E-state index is 0. The van der Waals surface area contributed by atoms with Crippen molar-refractivity contribution in [3.8, 4) is 5.75 Å². The maximum atomic E-state index is 6.18. The largest absolute Gasteiger partial charge is 1.00 e. The Morgan fingerprint density at radius 1 is 1.14 bits per heavy atom. The number of hydrogen-bond acceptors (Lipinski definition) is 2. The van der Waals surface area contributed by atoms with Crippen molar-refractivity contribution in [2.45, 2.75) is 12.5 Å². The molecule has 0 saturated carbocycles. The maximum absolute atomic E-state index is 6.18. The number of rotatable bonds is 2. The van der Waals surface area contributed by atoms with E-state index in [1.54, 1.807) is 7.11 Å². The second-order valence-corrected chi connectivity index (χ2v) is 6.30. The summed E-state index contributed by atoms with van der Waals surface area (Å²) in [5.41, 5.74) is 3.84. The second kappa shape index (κ2) is 7.10. The normalized spacial score (nSPS) is 17.5. The van der Waals surface area contributed by atoms with Crippen LogP contribution in [0.5, 0.6) is 5.75 Å². The van der Waals surface area contributed by atoms with Gasteiger partial charge in [0.05, 0.1) is 17.2 Å². The number of benzene rings is 2. The molecule has 5 heteroatoms. The Morgan fingerprint density at radius 3 is 2.59 bits per heavy atom. The fraction of sp³-hybridized carbons (Fsp3) is 0.294. The lowest BCUT2D eigenvalue weighted by Crippen LogP contribution is -3.00. The summed E-state index contributed by atoms with van der Waals surface area (Å²) >= 11 is 12.2. The third kappa shape index (κ3) is 3.36. The number of halogens is 3. The van der Waals surface area contributed by atoms with E-state index in [4.69, 9.17) is 27.9 Å². The topological polar surface area (TPSA) is 12.5 Å². The number of likely N-dealkylation sites (N-methyl/N-ethyl adjacent to an activating group) is 1. The Bertz CT molecular complexity index is 681. The van der Waals surface area contributed by atoms with E-state index in [2.05, 4.69) is 30.1 Å². The number of methoxy groups -OCH3 is 1. The molecule has 0 N–H and O–H groups in total. The van der Waals surface area contributed by atoms with Gasteiger partial charge in [0.1, 0.15) is 5.75 Å². The van der Waals surface area contributed by atoms with Crippen molar-refractivity contribution < 1.29 is 18.6 Å². The Kier molecular flexibility index (Phi) is 5.62. The van der Waals surface area contributed by atoms with Crippen LogP contribution < -0.4 is 17.1 Å². The molecule has 118 valence electrons.